The molecule has 0 spiro atoms. The summed E-state index contributed by atoms with van der Waals surface area (Å²) >= 11 is 0. The van der Waals surface area contributed by atoms with E-state index in [1.807, 2.05) is 24.3 Å². The van der Waals surface area contributed by atoms with E-state index in [2.05, 4.69) is 44.9 Å². The first-order chi connectivity index (χ1) is 12.7. The number of aromatic nitrogens is 6. The van der Waals surface area contributed by atoms with Crippen LogP contribution in [0.25, 0.3) is 16.8 Å². The quantitative estimate of drug-likeness (QED) is 0.575. The molecule has 0 aliphatic rings. The van der Waals surface area contributed by atoms with Crippen LogP contribution in [0.2, 0.25) is 0 Å². The number of fused-ring (bicyclic) bond motifs is 2. The number of nitrogens with zero attached hydrogens (tertiary/aromatic N) is 6. The average molecular weight is 351 g/mol. The minimum absolute atomic E-state index is 0.0208. The van der Waals surface area contributed by atoms with Gasteiger partial charge in [-0.3, -0.25) is 0 Å². The topological polar surface area (TPSA) is 82.2 Å². The van der Waals surface area contributed by atoms with Crippen LogP contribution < -0.4 is 5.32 Å². The molecular weight excluding hydrogens is 330 g/mol. The number of benzene rings is 1. The van der Waals surface area contributed by atoms with Crippen LogP contribution in [0.3, 0.4) is 0 Å². The molecule has 0 saturated heterocycles. The predicted octanol–water partition coefficient (Wildman–Crippen LogP) is 2.81. The fourth-order valence-electron chi connectivity index (χ4n) is 3.23. The largest absolute Gasteiger partial charge is 0.378 e. The number of ether oxygens (including phenoxy) is 1. The first-order valence-electron chi connectivity index (χ1n) is 8.61. The van der Waals surface area contributed by atoms with Crippen molar-refractivity contribution in [3.05, 3.63) is 48.2 Å². The van der Waals surface area contributed by atoms with E-state index in [-0.39, 0.29) is 6.04 Å². The molecule has 0 radical (unpaired) electrons. The number of methoxy groups -OCH3 is 1. The Morgan fingerprint density at radius 1 is 1.23 bits per heavy atom. The zero-order valence-corrected chi connectivity index (χ0v) is 15.0. The van der Waals surface area contributed by atoms with E-state index in [1.54, 1.807) is 11.6 Å². The van der Waals surface area contributed by atoms with Gasteiger partial charge >= 0.3 is 0 Å². The number of rotatable bonds is 6. The van der Waals surface area contributed by atoms with Gasteiger partial charge in [0, 0.05) is 19.7 Å². The van der Waals surface area contributed by atoms with E-state index in [9.17, 15) is 0 Å². The lowest BCUT2D eigenvalue weighted by Gasteiger charge is -2.17. The van der Waals surface area contributed by atoms with Crippen molar-refractivity contribution in [1.29, 1.82) is 0 Å². The van der Waals surface area contributed by atoms with Gasteiger partial charge in [0.2, 0.25) is 0 Å². The Hall–Kier alpha value is -3.00. The molecular formula is C18H21N7O. The molecule has 0 aliphatic heterocycles. The number of hydrogen-bond acceptors (Lipinski definition) is 6. The van der Waals surface area contributed by atoms with Crippen molar-refractivity contribution in [3.8, 4) is 0 Å². The molecule has 0 amide bonds. The van der Waals surface area contributed by atoms with Crippen molar-refractivity contribution in [2.45, 2.75) is 33.0 Å². The van der Waals surface area contributed by atoms with Gasteiger partial charge in [0.05, 0.1) is 29.4 Å². The smallest absolute Gasteiger partial charge is 0.254 e. The molecule has 0 saturated carbocycles. The van der Waals surface area contributed by atoms with Gasteiger partial charge < -0.3 is 14.6 Å². The summed E-state index contributed by atoms with van der Waals surface area (Å²) in [7, 11) is 1.65. The highest BCUT2D eigenvalue weighted by atomic mass is 16.5. The summed E-state index contributed by atoms with van der Waals surface area (Å²) in [6.07, 6.45) is 1.50. The minimum atomic E-state index is -0.0208. The standard InChI is InChI=1S/C18H21N7O/c1-4-24-15-8-6-5-7-14(15)23-17(24)12(2)21-16-9-13(10-26-3)22-18-19-11-20-25(16)18/h5-9,11-12,21H,4,10H2,1-3H3. The fraction of sp³-hybridized carbons (Fsp3) is 0.333. The number of imidazole rings is 1. The van der Waals surface area contributed by atoms with Crippen molar-refractivity contribution in [3.63, 3.8) is 0 Å². The summed E-state index contributed by atoms with van der Waals surface area (Å²) in [5.41, 5.74) is 2.93. The molecule has 8 nitrogen and oxygen atoms in total. The van der Waals surface area contributed by atoms with Crippen molar-refractivity contribution >= 4 is 22.6 Å². The van der Waals surface area contributed by atoms with Crippen LogP contribution in [0.1, 0.15) is 31.4 Å². The van der Waals surface area contributed by atoms with Gasteiger partial charge in [0.15, 0.2) is 0 Å². The maximum absolute atomic E-state index is 5.21. The lowest BCUT2D eigenvalue weighted by molar-refractivity contribution is 0.181. The van der Waals surface area contributed by atoms with E-state index in [1.165, 1.54) is 6.33 Å². The summed E-state index contributed by atoms with van der Waals surface area (Å²) in [5.74, 6) is 2.33. The summed E-state index contributed by atoms with van der Waals surface area (Å²) in [4.78, 5) is 13.5. The Bertz CT molecular complexity index is 1050. The molecule has 1 atom stereocenters. The highest BCUT2D eigenvalue weighted by Crippen LogP contribution is 2.24. The zero-order valence-electron chi connectivity index (χ0n) is 15.0. The first-order valence-corrected chi connectivity index (χ1v) is 8.61. The van der Waals surface area contributed by atoms with Gasteiger partial charge in [0.25, 0.3) is 5.78 Å². The fourth-order valence-corrected chi connectivity index (χ4v) is 3.23. The molecule has 4 rings (SSSR count). The van der Waals surface area contributed by atoms with E-state index in [4.69, 9.17) is 9.72 Å². The minimum Gasteiger partial charge on any atom is -0.378 e. The monoisotopic (exact) mass is 351 g/mol. The molecule has 26 heavy (non-hydrogen) atoms. The summed E-state index contributed by atoms with van der Waals surface area (Å²) in [6, 6.07) is 10.1. The third kappa shape index (κ3) is 2.78. The molecule has 4 aromatic rings. The SMILES string of the molecule is CCn1c(C(C)Nc2cc(COC)nc3ncnn23)nc2ccccc21. The van der Waals surface area contributed by atoms with Crippen LogP contribution in [0.15, 0.2) is 36.7 Å². The van der Waals surface area contributed by atoms with Gasteiger partial charge in [-0.2, -0.15) is 14.6 Å². The van der Waals surface area contributed by atoms with Crippen LogP contribution in [-0.2, 0) is 17.9 Å². The molecule has 0 fully saturated rings. The first kappa shape index (κ1) is 16.5. The Morgan fingerprint density at radius 2 is 2.08 bits per heavy atom. The van der Waals surface area contributed by atoms with E-state index >= 15 is 0 Å². The molecule has 8 heteroatoms. The highest BCUT2D eigenvalue weighted by molar-refractivity contribution is 5.76. The lowest BCUT2D eigenvalue weighted by atomic mass is 10.3. The van der Waals surface area contributed by atoms with E-state index < -0.39 is 0 Å². The number of aryl methyl sites for hydroxylation is 1. The van der Waals surface area contributed by atoms with Crippen molar-refractivity contribution in [2.24, 2.45) is 0 Å². The van der Waals surface area contributed by atoms with Gasteiger partial charge in [0.1, 0.15) is 18.0 Å². The maximum Gasteiger partial charge on any atom is 0.254 e. The van der Waals surface area contributed by atoms with E-state index in [0.717, 1.165) is 34.9 Å². The second-order valence-corrected chi connectivity index (χ2v) is 6.11. The molecule has 3 aromatic heterocycles. The second kappa shape index (κ2) is 6.72. The third-order valence-electron chi connectivity index (χ3n) is 4.35. The number of nitrogens with one attached hydrogen (secondary N) is 1. The highest BCUT2D eigenvalue weighted by Gasteiger charge is 2.17. The average Bonchev–Trinajstić information content (AvgIpc) is 3.26. The van der Waals surface area contributed by atoms with Crippen molar-refractivity contribution < 1.29 is 4.74 Å². The Kier molecular flexibility index (Phi) is 4.26. The molecule has 0 aliphatic carbocycles. The summed E-state index contributed by atoms with van der Waals surface area (Å²) < 4.78 is 9.12. The Labute approximate surface area is 150 Å². The van der Waals surface area contributed by atoms with Crippen LogP contribution in [-0.4, -0.2) is 36.2 Å². The zero-order chi connectivity index (χ0) is 18.1. The van der Waals surface area contributed by atoms with Crippen LogP contribution in [0.5, 0.6) is 0 Å². The lowest BCUT2D eigenvalue weighted by Crippen LogP contribution is -2.16. The van der Waals surface area contributed by atoms with Crippen molar-refractivity contribution in [2.75, 3.05) is 12.4 Å². The second-order valence-electron chi connectivity index (χ2n) is 6.11. The van der Waals surface area contributed by atoms with Gasteiger partial charge in [-0.15, -0.1) is 0 Å². The molecule has 134 valence electrons. The van der Waals surface area contributed by atoms with Gasteiger partial charge in [-0.05, 0) is 26.0 Å². The predicted molar refractivity (Wildman–Crippen MR) is 98.9 cm³/mol. The maximum atomic E-state index is 5.21. The van der Waals surface area contributed by atoms with E-state index in [0.29, 0.717) is 12.4 Å². The summed E-state index contributed by atoms with van der Waals surface area (Å²) in [5, 5.41) is 7.77. The van der Waals surface area contributed by atoms with Crippen LogP contribution >= 0.6 is 0 Å². The van der Waals surface area contributed by atoms with Crippen LogP contribution in [0.4, 0.5) is 5.82 Å². The number of anilines is 1. The normalized spacial score (nSPS) is 12.7. The van der Waals surface area contributed by atoms with Gasteiger partial charge in [-0.1, -0.05) is 12.1 Å². The Morgan fingerprint density at radius 3 is 2.88 bits per heavy atom. The van der Waals surface area contributed by atoms with Crippen LogP contribution in [0, 0.1) is 0 Å². The summed E-state index contributed by atoms with van der Waals surface area (Å²) in [6.45, 7) is 5.49. The number of hydrogen-bond donors (Lipinski definition) is 1. The third-order valence-corrected chi connectivity index (χ3v) is 4.35. The molecule has 0 bridgehead atoms. The van der Waals surface area contributed by atoms with Crippen molar-refractivity contribution in [1.82, 2.24) is 29.1 Å². The molecule has 3 heterocycles. The molecule has 1 aromatic carbocycles. The Balaban J connectivity index is 1.73. The molecule has 1 N–H and O–H groups in total. The molecule has 1 unspecified atom stereocenters. The van der Waals surface area contributed by atoms with Gasteiger partial charge in [-0.25, -0.2) is 9.97 Å². The number of para-hydroxylation sites is 2.